The Morgan fingerprint density at radius 3 is 1.00 bits per heavy atom. The Balaban J connectivity index is -0.0000000150. The van der Waals surface area contributed by atoms with Gasteiger partial charge >= 0.3 is 25.4 Å². The number of rotatable bonds is 0. The first-order chi connectivity index (χ1) is 1.73. The van der Waals surface area contributed by atoms with Crippen molar-refractivity contribution in [3.63, 3.8) is 0 Å². The molecule has 0 aromatic heterocycles. The summed E-state index contributed by atoms with van der Waals surface area (Å²) in [7, 11) is 0. The minimum absolute atomic E-state index is 0. The second-order valence-corrected chi connectivity index (χ2v) is 0.842. The normalized spacial score (nSPS) is 3.43. The second kappa shape index (κ2) is 15.8. The SMILES string of the molecule is O.[Cr].[Cu].[O]=[Cr](=[O])=[O]. The van der Waals surface area contributed by atoms with Crippen molar-refractivity contribution in [2.24, 2.45) is 0 Å². The van der Waals surface area contributed by atoms with Crippen LogP contribution in [0.1, 0.15) is 0 Å². The van der Waals surface area contributed by atoms with E-state index in [9.17, 15) is 0 Å². The van der Waals surface area contributed by atoms with Crippen molar-refractivity contribution >= 4 is 0 Å². The molecular weight excluding hydrogens is 232 g/mol. The van der Waals surface area contributed by atoms with Crippen molar-refractivity contribution in [2.75, 3.05) is 0 Å². The van der Waals surface area contributed by atoms with E-state index in [-0.39, 0.29) is 39.9 Å². The van der Waals surface area contributed by atoms with Crippen LogP contribution in [0.15, 0.2) is 0 Å². The van der Waals surface area contributed by atoms with Gasteiger partial charge in [-0.1, -0.05) is 0 Å². The van der Waals surface area contributed by atoms with Gasteiger partial charge in [-0.15, -0.1) is 0 Å². The molecule has 0 fully saturated rings. The molecule has 0 bridgehead atoms. The molecule has 49 valence electrons. The van der Waals surface area contributed by atoms with Crippen LogP contribution in [0, 0.1) is 0 Å². The van der Waals surface area contributed by atoms with Crippen LogP contribution in [0.4, 0.5) is 0 Å². The van der Waals surface area contributed by atoms with E-state index in [4.69, 9.17) is 11.4 Å². The Labute approximate surface area is 65.2 Å². The molecule has 0 aromatic carbocycles. The summed E-state index contributed by atoms with van der Waals surface area (Å²) < 4.78 is 25.6. The standard InChI is InChI=1S/2Cr.Cu.H2O.3O/h;;;1H2;;;. The summed E-state index contributed by atoms with van der Waals surface area (Å²) in [6.45, 7) is 0. The van der Waals surface area contributed by atoms with Crippen LogP contribution in [0.2, 0.25) is 0 Å². The van der Waals surface area contributed by atoms with E-state index in [1.54, 1.807) is 0 Å². The summed E-state index contributed by atoms with van der Waals surface area (Å²) in [5.74, 6) is 0. The fraction of sp³-hybridized carbons (Fsp3) is 0. The monoisotopic (exact) mass is 233 g/mol. The van der Waals surface area contributed by atoms with Gasteiger partial charge in [-0.2, -0.15) is 0 Å². The Morgan fingerprint density at radius 2 is 1.00 bits per heavy atom. The van der Waals surface area contributed by atoms with Crippen molar-refractivity contribution in [3.05, 3.63) is 0 Å². The van der Waals surface area contributed by atoms with Gasteiger partial charge < -0.3 is 5.48 Å². The van der Waals surface area contributed by atoms with Gasteiger partial charge in [0.15, 0.2) is 0 Å². The van der Waals surface area contributed by atoms with Crippen molar-refractivity contribution in [1.29, 1.82) is 0 Å². The van der Waals surface area contributed by atoms with E-state index < -0.39 is 14.0 Å². The van der Waals surface area contributed by atoms with Gasteiger partial charge in [-0.05, 0) is 0 Å². The molecule has 7 heavy (non-hydrogen) atoms. The summed E-state index contributed by atoms with van der Waals surface area (Å²) >= 11 is -3.79. The molecule has 1 radical (unpaired) electrons. The van der Waals surface area contributed by atoms with Crippen LogP contribution < -0.4 is 0 Å². The molecule has 0 unspecified atom stereocenters. The molecule has 0 aliphatic rings. The molecular formula is H2Cr2CuO4. The first-order valence-corrected chi connectivity index (χ1v) is 2.06. The van der Waals surface area contributed by atoms with Crippen molar-refractivity contribution < 1.29 is 65.3 Å². The molecule has 0 spiro atoms. The van der Waals surface area contributed by atoms with Crippen molar-refractivity contribution in [1.82, 2.24) is 0 Å². The summed E-state index contributed by atoms with van der Waals surface area (Å²) in [6, 6.07) is 0. The van der Waals surface area contributed by atoms with E-state index in [0.717, 1.165) is 0 Å². The molecule has 0 atom stereocenters. The molecule has 2 N–H and O–H groups in total. The maximum atomic E-state index is 8.54. The molecule has 0 saturated heterocycles. The van der Waals surface area contributed by atoms with Gasteiger partial charge in [-0.25, -0.2) is 0 Å². The molecule has 0 aliphatic carbocycles. The summed E-state index contributed by atoms with van der Waals surface area (Å²) in [5, 5.41) is 0. The third-order valence-electron chi connectivity index (χ3n) is 0. The van der Waals surface area contributed by atoms with E-state index in [1.807, 2.05) is 0 Å². The Hall–Kier alpha value is 0.944. The molecule has 0 amide bonds. The molecule has 7 heteroatoms. The molecule has 0 rings (SSSR count). The van der Waals surface area contributed by atoms with Gasteiger partial charge in [0.1, 0.15) is 0 Å². The van der Waals surface area contributed by atoms with Gasteiger partial charge in [0, 0.05) is 34.4 Å². The Bertz CT molecular complexity index is 79.1. The van der Waals surface area contributed by atoms with Crippen LogP contribution in [-0.4, -0.2) is 5.48 Å². The zero-order valence-corrected chi connectivity index (χ0v) is 6.33. The molecule has 0 heterocycles. The maximum absolute atomic E-state index is 8.54. The van der Waals surface area contributed by atoms with E-state index in [2.05, 4.69) is 0 Å². The van der Waals surface area contributed by atoms with E-state index in [0.29, 0.717) is 0 Å². The topological polar surface area (TPSA) is 82.7 Å². The van der Waals surface area contributed by atoms with E-state index >= 15 is 0 Å². The van der Waals surface area contributed by atoms with Crippen LogP contribution in [0.25, 0.3) is 0 Å². The third-order valence-corrected chi connectivity index (χ3v) is 0. The van der Waals surface area contributed by atoms with Crippen LogP contribution >= 0.6 is 0 Å². The van der Waals surface area contributed by atoms with Crippen molar-refractivity contribution in [3.8, 4) is 0 Å². The van der Waals surface area contributed by atoms with Crippen molar-refractivity contribution in [2.45, 2.75) is 0 Å². The first-order valence-electron chi connectivity index (χ1n) is 0.500. The molecule has 0 aliphatic heterocycles. The van der Waals surface area contributed by atoms with Gasteiger partial charge in [0.2, 0.25) is 0 Å². The van der Waals surface area contributed by atoms with Crippen LogP contribution in [0.3, 0.4) is 0 Å². The van der Waals surface area contributed by atoms with Gasteiger partial charge in [0.25, 0.3) is 0 Å². The zero-order chi connectivity index (χ0) is 3.58. The third kappa shape index (κ3) is 190. The summed E-state index contributed by atoms with van der Waals surface area (Å²) in [6.07, 6.45) is 0. The summed E-state index contributed by atoms with van der Waals surface area (Å²) in [4.78, 5) is 0. The summed E-state index contributed by atoms with van der Waals surface area (Å²) in [5.41, 5.74) is 0. The average Bonchev–Trinajstić information content (AvgIpc) is 0.811. The molecule has 0 aromatic rings. The van der Waals surface area contributed by atoms with Gasteiger partial charge in [-0.3, -0.25) is 0 Å². The Morgan fingerprint density at radius 1 is 1.00 bits per heavy atom. The first kappa shape index (κ1) is 24.6. The predicted octanol–water partition coefficient (Wildman–Crippen LogP) is -1.19. The number of hydrogen-bond donors (Lipinski definition) is 0. The quantitative estimate of drug-likeness (QED) is 0.493. The molecule has 4 nitrogen and oxygen atoms in total. The Kier molecular flexibility index (Phi) is 55.5. The number of hydrogen-bond acceptors (Lipinski definition) is 3. The predicted molar refractivity (Wildman–Crippen MR) is 5.67 cm³/mol. The fourth-order valence-corrected chi connectivity index (χ4v) is 0. The van der Waals surface area contributed by atoms with Crippen LogP contribution in [0.5, 0.6) is 0 Å². The zero-order valence-electron chi connectivity index (χ0n) is 2.84. The average molecular weight is 234 g/mol. The molecule has 0 saturated carbocycles. The van der Waals surface area contributed by atoms with Gasteiger partial charge in [0.05, 0.1) is 0 Å². The fourth-order valence-electron chi connectivity index (χ4n) is 0. The van der Waals surface area contributed by atoms with Crippen LogP contribution in [-0.2, 0) is 59.8 Å². The van der Waals surface area contributed by atoms with E-state index in [1.165, 1.54) is 0 Å². The second-order valence-electron chi connectivity index (χ2n) is 0.204. The minimum atomic E-state index is -3.79.